The molecule has 0 N–H and O–H groups in total. The lowest BCUT2D eigenvalue weighted by atomic mass is 10.0. The van der Waals surface area contributed by atoms with Crippen LogP contribution in [-0.2, 0) is 6.42 Å². The van der Waals surface area contributed by atoms with Gasteiger partial charge in [0.2, 0.25) is 0 Å². The fourth-order valence-corrected chi connectivity index (χ4v) is 4.60. The Labute approximate surface area is 127 Å². The van der Waals surface area contributed by atoms with Gasteiger partial charge in [0.15, 0.2) is 0 Å². The van der Waals surface area contributed by atoms with E-state index in [4.69, 9.17) is 0 Å². The summed E-state index contributed by atoms with van der Waals surface area (Å²) in [7, 11) is 0. The number of hydrogen-bond donors (Lipinski definition) is 0. The summed E-state index contributed by atoms with van der Waals surface area (Å²) < 4.78 is 2.04. The van der Waals surface area contributed by atoms with Gasteiger partial charge in [-0.1, -0.05) is 0 Å². The first kappa shape index (κ1) is 12.6. The molecule has 5 heteroatoms. The fourth-order valence-electron chi connectivity index (χ4n) is 2.42. The summed E-state index contributed by atoms with van der Waals surface area (Å²) in [5, 5.41) is 2.19. The highest BCUT2D eigenvalue weighted by molar-refractivity contribution is 9.11. The minimum Gasteiger partial charge on any atom is -0.349 e. The fraction of sp³-hybridized carbons (Fsp3) is 0.308. The summed E-state index contributed by atoms with van der Waals surface area (Å²) in [6.45, 7) is 3.28. The summed E-state index contributed by atoms with van der Waals surface area (Å²) in [6.07, 6.45) is 2.97. The van der Waals surface area contributed by atoms with Gasteiger partial charge in [0.05, 0.1) is 10.5 Å². The molecule has 0 amide bonds. The van der Waals surface area contributed by atoms with E-state index in [-0.39, 0.29) is 0 Å². The second kappa shape index (κ2) is 4.94. The van der Waals surface area contributed by atoms with E-state index in [1.807, 2.05) is 17.5 Å². The van der Waals surface area contributed by atoms with Gasteiger partial charge < -0.3 is 4.90 Å². The van der Waals surface area contributed by atoms with Gasteiger partial charge in [-0.25, -0.2) is 4.98 Å². The standard InChI is InChI=1S/C13H12Br2N2S/c1-8-10-3-5-18-12(10)2-4-17(8)13-11(15)6-9(14)7-16-13/h3,5-8H,2,4H2,1H3. The first-order valence-corrected chi connectivity index (χ1v) is 8.27. The SMILES string of the molecule is CC1c2ccsc2CCN1c1ncc(Br)cc1Br. The maximum Gasteiger partial charge on any atom is 0.143 e. The third-order valence-electron chi connectivity index (χ3n) is 3.34. The van der Waals surface area contributed by atoms with Crippen LogP contribution in [0.5, 0.6) is 0 Å². The van der Waals surface area contributed by atoms with Crippen LogP contribution in [0.4, 0.5) is 5.82 Å². The van der Waals surface area contributed by atoms with Crippen LogP contribution >= 0.6 is 43.2 Å². The first-order valence-electron chi connectivity index (χ1n) is 5.81. The summed E-state index contributed by atoms with van der Waals surface area (Å²) in [4.78, 5) is 8.43. The molecular weight excluding hydrogens is 376 g/mol. The number of pyridine rings is 1. The van der Waals surface area contributed by atoms with E-state index >= 15 is 0 Å². The zero-order chi connectivity index (χ0) is 12.7. The van der Waals surface area contributed by atoms with Crippen molar-refractivity contribution in [3.05, 3.63) is 43.1 Å². The molecule has 0 aliphatic carbocycles. The van der Waals surface area contributed by atoms with Crippen molar-refractivity contribution in [3.8, 4) is 0 Å². The van der Waals surface area contributed by atoms with Gasteiger partial charge in [0, 0.05) is 22.1 Å². The van der Waals surface area contributed by atoms with Crippen LogP contribution in [-0.4, -0.2) is 11.5 Å². The minimum absolute atomic E-state index is 0.393. The minimum atomic E-state index is 0.393. The quantitative estimate of drug-likeness (QED) is 0.699. The molecule has 0 saturated heterocycles. The Morgan fingerprint density at radius 2 is 2.28 bits per heavy atom. The molecule has 1 aliphatic rings. The van der Waals surface area contributed by atoms with Crippen LogP contribution < -0.4 is 4.90 Å². The molecule has 0 aromatic carbocycles. The van der Waals surface area contributed by atoms with Crippen molar-refractivity contribution in [1.82, 2.24) is 4.98 Å². The number of aromatic nitrogens is 1. The Balaban J connectivity index is 1.99. The molecule has 0 spiro atoms. The number of nitrogens with zero attached hydrogens (tertiary/aromatic N) is 2. The Bertz CT molecular complexity index is 582. The lowest BCUT2D eigenvalue weighted by Gasteiger charge is -2.35. The first-order chi connectivity index (χ1) is 8.66. The molecular formula is C13H12Br2N2S. The summed E-state index contributed by atoms with van der Waals surface area (Å²) in [6, 6.07) is 4.69. The molecule has 0 bridgehead atoms. The maximum absolute atomic E-state index is 4.54. The molecule has 1 atom stereocenters. The Morgan fingerprint density at radius 1 is 1.44 bits per heavy atom. The zero-order valence-electron chi connectivity index (χ0n) is 9.86. The number of thiophene rings is 1. The lowest BCUT2D eigenvalue weighted by Crippen LogP contribution is -2.33. The van der Waals surface area contributed by atoms with Crippen molar-refractivity contribution in [3.63, 3.8) is 0 Å². The second-order valence-corrected chi connectivity index (χ2v) is 7.15. The number of fused-ring (bicyclic) bond motifs is 1. The number of rotatable bonds is 1. The van der Waals surface area contributed by atoms with E-state index in [0.29, 0.717) is 6.04 Å². The molecule has 1 aliphatic heterocycles. The largest absolute Gasteiger partial charge is 0.349 e. The van der Waals surface area contributed by atoms with Crippen LogP contribution in [0, 0.1) is 0 Å². The highest BCUT2D eigenvalue weighted by Crippen LogP contribution is 2.38. The molecule has 2 aromatic rings. The molecule has 0 fully saturated rings. The highest BCUT2D eigenvalue weighted by atomic mass is 79.9. The molecule has 18 heavy (non-hydrogen) atoms. The highest BCUT2D eigenvalue weighted by Gasteiger charge is 2.26. The van der Waals surface area contributed by atoms with Crippen molar-refractivity contribution in [2.24, 2.45) is 0 Å². The molecule has 3 heterocycles. The molecule has 0 radical (unpaired) electrons. The summed E-state index contributed by atoms with van der Waals surface area (Å²) in [5.74, 6) is 1.03. The van der Waals surface area contributed by atoms with Crippen molar-refractivity contribution < 1.29 is 0 Å². The molecule has 3 rings (SSSR count). The Morgan fingerprint density at radius 3 is 3.06 bits per heavy atom. The predicted octanol–water partition coefficient (Wildman–Crippen LogP) is 4.79. The van der Waals surface area contributed by atoms with Crippen molar-refractivity contribution >= 4 is 49.0 Å². The predicted molar refractivity (Wildman–Crippen MR) is 83.4 cm³/mol. The monoisotopic (exact) mass is 386 g/mol. The lowest BCUT2D eigenvalue weighted by molar-refractivity contribution is 0.623. The normalized spacial score (nSPS) is 18.8. The van der Waals surface area contributed by atoms with Crippen molar-refractivity contribution in [1.29, 1.82) is 0 Å². The van der Waals surface area contributed by atoms with E-state index in [9.17, 15) is 0 Å². The van der Waals surface area contributed by atoms with Crippen LogP contribution in [0.25, 0.3) is 0 Å². The van der Waals surface area contributed by atoms with Gasteiger partial charge in [-0.2, -0.15) is 0 Å². The van der Waals surface area contributed by atoms with E-state index in [1.165, 1.54) is 10.4 Å². The van der Waals surface area contributed by atoms with Crippen LogP contribution in [0.2, 0.25) is 0 Å². The number of halogens is 2. The number of hydrogen-bond acceptors (Lipinski definition) is 3. The van der Waals surface area contributed by atoms with E-state index < -0.39 is 0 Å². The summed E-state index contributed by atoms with van der Waals surface area (Å²) >= 11 is 8.92. The number of anilines is 1. The van der Waals surface area contributed by atoms with Gasteiger partial charge in [-0.05, 0) is 68.3 Å². The average Bonchev–Trinajstić information content (AvgIpc) is 2.80. The van der Waals surface area contributed by atoms with Gasteiger partial charge in [0.25, 0.3) is 0 Å². The van der Waals surface area contributed by atoms with E-state index in [2.05, 4.69) is 66.2 Å². The van der Waals surface area contributed by atoms with Crippen LogP contribution in [0.1, 0.15) is 23.4 Å². The second-order valence-electron chi connectivity index (χ2n) is 4.38. The van der Waals surface area contributed by atoms with Crippen molar-refractivity contribution in [2.45, 2.75) is 19.4 Å². The molecule has 1 unspecified atom stereocenters. The van der Waals surface area contributed by atoms with Crippen LogP contribution in [0.15, 0.2) is 32.7 Å². The molecule has 0 saturated carbocycles. The zero-order valence-corrected chi connectivity index (χ0v) is 13.8. The third-order valence-corrected chi connectivity index (χ3v) is 5.35. The molecule has 2 nitrogen and oxygen atoms in total. The van der Waals surface area contributed by atoms with Gasteiger partial charge in [0.1, 0.15) is 5.82 Å². The molecule has 94 valence electrons. The topological polar surface area (TPSA) is 16.1 Å². The maximum atomic E-state index is 4.54. The van der Waals surface area contributed by atoms with Gasteiger partial charge in [-0.3, -0.25) is 0 Å². The smallest absolute Gasteiger partial charge is 0.143 e. The van der Waals surface area contributed by atoms with Crippen molar-refractivity contribution in [2.75, 3.05) is 11.4 Å². The summed E-state index contributed by atoms with van der Waals surface area (Å²) in [5.41, 5.74) is 1.45. The van der Waals surface area contributed by atoms with E-state index in [1.54, 1.807) is 0 Å². The third kappa shape index (κ3) is 2.12. The van der Waals surface area contributed by atoms with Crippen LogP contribution in [0.3, 0.4) is 0 Å². The molecule has 2 aromatic heterocycles. The Hall–Kier alpha value is -0.390. The average molecular weight is 388 g/mol. The van der Waals surface area contributed by atoms with Gasteiger partial charge >= 0.3 is 0 Å². The Kier molecular flexibility index (Phi) is 3.47. The van der Waals surface area contributed by atoms with E-state index in [0.717, 1.165) is 27.7 Å². The van der Waals surface area contributed by atoms with Gasteiger partial charge in [-0.15, -0.1) is 11.3 Å².